The number of amides is 1. The van der Waals surface area contributed by atoms with Crippen molar-refractivity contribution in [1.82, 2.24) is 5.32 Å². The number of nitrogens with one attached hydrogen (secondary N) is 1. The van der Waals surface area contributed by atoms with Crippen molar-refractivity contribution in [3.63, 3.8) is 0 Å². The zero-order valence-electron chi connectivity index (χ0n) is 14.5. The van der Waals surface area contributed by atoms with Crippen molar-refractivity contribution < 1.29 is 19.1 Å². The van der Waals surface area contributed by atoms with Gasteiger partial charge in [-0.05, 0) is 25.0 Å². The van der Waals surface area contributed by atoms with Crippen molar-refractivity contribution >= 4 is 34.2 Å². The molecule has 2 aromatic rings. The third-order valence-electron chi connectivity index (χ3n) is 4.51. The standard InChI is InChI=1S/C20H22ClNO4/c21-17-10-11-18(16-9-5-4-8-15(16)17)25-13-20(24)26-12-19(23)22-14-6-2-1-3-7-14/h4-5,8-11,14H,1-3,6-7,12-13H2,(H,22,23). The first-order valence-electron chi connectivity index (χ1n) is 8.88. The van der Waals surface area contributed by atoms with Gasteiger partial charge in [-0.15, -0.1) is 0 Å². The van der Waals surface area contributed by atoms with Crippen LogP contribution in [0.25, 0.3) is 10.8 Å². The van der Waals surface area contributed by atoms with Crippen LogP contribution in [0.2, 0.25) is 5.02 Å². The first-order valence-corrected chi connectivity index (χ1v) is 9.26. The van der Waals surface area contributed by atoms with Crippen LogP contribution < -0.4 is 10.1 Å². The maximum absolute atomic E-state index is 11.9. The molecular weight excluding hydrogens is 354 g/mol. The predicted octanol–water partition coefficient (Wildman–Crippen LogP) is 3.86. The largest absolute Gasteiger partial charge is 0.481 e. The summed E-state index contributed by atoms with van der Waals surface area (Å²) in [6, 6.07) is 11.2. The minimum absolute atomic E-state index is 0.201. The van der Waals surface area contributed by atoms with E-state index in [0.717, 1.165) is 36.5 Å². The minimum atomic E-state index is -0.581. The van der Waals surface area contributed by atoms with Gasteiger partial charge in [-0.3, -0.25) is 4.79 Å². The number of carbonyl (C=O) groups excluding carboxylic acids is 2. The highest BCUT2D eigenvalue weighted by Gasteiger charge is 2.17. The highest BCUT2D eigenvalue weighted by molar-refractivity contribution is 6.35. The van der Waals surface area contributed by atoms with Gasteiger partial charge in [-0.2, -0.15) is 0 Å². The summed E-state index contributed by atoms with van der Waals surface area (Å²) in [6.45, 7) is -0.539. The summed E-state index contributed by atoms with van der Waals surface area (Å²) in [5.74, 6) is -0.293. The lowest BCUT2D eigenvalue weighted by atomic mass is 9.95. The van der Waals surface area contributed by atoms with Crippen molar-refractivity contribution in [3.05, 3.63) is 41.4 Å². The van der Waals surface area contributed by atoms with Gasteiger partial charge in [0.05, 0.1) is 0 Å². The Morgan fingerprint density at radius 2 is 1.73 bits per heavy atom. The fourth-order valence-corrected chi connectivity index (χ4v) is 3.43. The molecule has 1 amide bonds. The van der Waals surface area contributed by atoms with Crippen molar-refractivity contribution in [2.24, 2.45) is 0 Å². The Balaban J connectivity index is 1.47. The molecule has 1 N–H and O–H groups in total. The maximum Gasteiger partial charge on any atom is 0.344 e. The predicted molar refractivity (Wildman–Crippen MR) is 100 cm³/mol. The van der Waals surface area contributed by atoms with Crippen LogP contribution in [-0.2, 0) is 14.3 Å². The van der Waals surface area contributed by atoms with Crippen LogP contribution in [0.3, 0.4) is 0 Å². The number of hydrogen-bond acceptors (Lipinski definition) is 4. The molecule has 0 unspecified atom stereocenters. The van der Waals surface area contributed by atoms with Gasteiger partial charge < -0.3 is 14.8 Å². The highest BCUT2D eigenvalue weighted by Crippen LogP contribution is 2.31. The highest BCUT2D eigenvalue weighted by atomic mass is 35.5. The molecule has 3 rings (SSSR count). The SMILES string of the molecule is O=C(COC(=O)COc1ccc(Cl)c2ccccc12)NC1CCCCC1. The molecule has 0 aromatic heterocycles. The Morgan fingerprint density at radius 3 is 2.50 bits per heavy atom. The van der Waals surface area contributed by atoms with Crippen LogP contribution in [0.4, 0.5) is 0 Å². The summed E-state index contributed by atoms with van der Waals surface area (Å²) in [7, 11) is 0. The van der Waals surface area contributed by atoms with Crippen LogP contribution in [0, 0.1) is 0 Å². The number of ether oxygens (including phenoxy) is 2. The minimum Gasteiger partial charge on any atom is -0.481 e. The van der Waals surface area contributed by atoms with Crippen molar-refractivity contribution in [1.29, 1.82) is 0 Å². The first-order chi connectivity index (χ1) is 12.6. The number of carbonyl (C=O) groups is 2. The normalized spacial score (nSPS) is 14.8. The van der Waals surface area contributed by atoms with Crippen LogP contribution in [-0.4, -0.2) is 31.1 Å². The molecule has 138 valence electrons. The smallest absolute Gasteiger partial charge is 0.344 e. The van der Waals surface area contributed by atoms with Gasteiger partial charge in [0, 0.05) is 21.8 Å². The molecule has 0 spiro atoms. The third kappa shape index (κ3) is 4.88. The second-order valence-corrected chi connectivity index (χ2v) is 6.85. The fourth-order valence-electron chi connectivity index (χ4n) is 3.20. The van der Waals surface area contributed by atoms with Gasteiger partial charge >= 0.3 is 5.97 Å². The molecule has 1 aliphatic carbocycles. The molecule has 1 aliphatic rings. The van der Waals surface area contributed by atoms with Gasteiger partial charge in [0.15, 0.2) is 13.2 Å². The van der Waals surface area contributed by atoms with Crippen LogP contribution in [0.15, 0.2) is 36.4 Å². The number of hydrogen-bond donors (Lipinski definition) is 1. The van der Waals surface area contributed by atoms with E-state index < -0.39 is 5.97 Å². The summed E-state index contributed by atoms with van der Waals surface area (Å²) in [5.41, 5.74) is 0. The van der Waals surface area contributed by atoms with E-state index in [9.17, 15) is 9.59 Å². The van der Waals surface area contributed by atoms with Gasteiger partial charge in [-0.25, -0.2) is 4.79 Å². The molecule has 1 saturated carbocycles. The lowest BCUT2D eigenvalue weighted by molar-refractivity contribution is -0.150. The van der Waals surface area contributed by atoms with E-state index in [4.69, 9.17) is 21.1 Å². The molecule has 0 radical (unpaired) electrons. The molecule has 26 heavy (non-hydrogen) atoms. The van der Waals surface area contributed by atoms with Crippen molar-refractivity contribution in [3.8, 4) is 5.75 Å². The topological polar surface area (TPSA) is 64.6 Å². The maximum atomic E-state index is 11.9. The lowest BCUT2D eigenvalue weighted by Crippen LogP contribution is -2.39. The molecule has 0 aliphatic heterocycles. The Labute approximate surface area is 157 Å². The Hall–Kier alpha value is -2.27. The summed E-state index contributed by atoms with van der Waals surface area (Å²) < 4.78 is 10.6. The van der Waals surface area contributed by atoms with E-state index in [2.05, 4.69) is 5.32 Å². The molecule has 0 atom stereocenters. The van der Waals surface area contributed by atoms with E-state index in [1.165, 1.54) is 6.42 Å². The van der Waals surface area contributed by atoms with Crippen molar-refractivity contribution in [2.75, 3.05) is 13.2 Å². The van der Waals surface area contributed by atoms with Gasteiger partial charge in [0.1, 0.15) is 5.75 Å². The number of halogens is 1. The lowest BCUT2D eigenvalue weighted by Gasteiger charge is -2.22. The summed E-state index contributed by atoms with van der Waals surface area (Å²) >= 11 is 6.16. The van der Waals surface area contributed by atoms with Crippen molar-refractivity contribution in [2.45, 2.75) is 38.1 Å². The molecule has 0 bridgehead atoms. The van der Waals surface area contributed by atoms with Crippen LogP contribution >= 0.6 is 11.6 Å². The molecule has 5 nitrogen and oxygen atoms in total. The Bertz CT molecular complexity index is 786. The van der Waals surface area contributed by atoms with E-state index in [0.29, 0.717) is 10.8 Å². The van der Waals surface area contributed by atoms with Gasteiger partial charge in [0.2, 0.25) is 0 Å². The number of rotatable bonds is 6. The third-order valence-corrected chi connectivity index (χ3v) is 4.84. The second-order valence-electron chi connectivity index (χ2n) is 6.44. The van der Waals surface area contributed by atoms with Crippen LogP contribution in [0.1, 0.15) is 32.1 Å². The zero-order valence-corrected chi connectivity index (χ0v) is 15.3. The molecule has 2 aromatic carbocycles. The second kappa shape index (κ2) is 8.90. The molecular formula is C20H22ClNO4. The monoisotopic (exact) mass is 375 g/mol. The van der Waals surface area contributed by atoms with E-state index in [-0.39, 0.29) is 25.2 Å². The zero-order chi connectivity index (χ0) is 18.4. The quantitative estimate of drug-likeness (QED) is 0.778. The number of benzene rings is 2. The van der Waals surface area contributed by atoms with E-state index in [1.807, 2.05) is 24.3 Å². The fraction of sp³-hybridized carbons (Fsp3) is 0.400. The average molecular weight is 376 g/mol. The molecule has 1 fully saturated rings. The number of esters is 1. The van der Waals surface area contributed by atoms with Crippen LogP contribution in [0.5, 0.6) is 5.75 Å². The van der Waals surface area contributed by atoms with E-state index in [1.54, 1.807) is 12.1 Å². The van der Waals surface area contributed by atoms with E-state index >= 15 is 0 Å². The Morgan fingerprint density at radius 1 is 1.00 bits per heavy atom. The molecule has 0 saturated heterocycles. The molecule has 6 heteroatoms. The summed E-state index contributed by atoms with van der Waals surface area (Å²) in [5, 5.41) is 5.20. The van der Waals surface area contributed by atoms with Gasteiger partial charge in [0.25, 0.3) is 5.91 Å². The Kier molecular flexibility index (Phi) is 6.34. The number of fused-ring (bicyclic) bond motifs is 1. The first kappa shape index (κ1) is 18.5. The van der Waals surface area contributed by atoms with Gasteiger partial charge in [-0.1, -0.05) is 55.1 Å². The summed E-state index contributed by atoms with van der Waals surface area (Å²) in [6.07, 6.45) is 5.47. The molecule has 0 heterocycles. The summed E-state index contributed by atoms with van der Waals surface area (Å²) in [4.78, 5) is 23.7. The average Bonchev–Trinajstić information content (AvgIpc) is 2.67.